The van der Waals surface area contributed by atoms with Gasteiger partial charge in [0.25, 0.3) is 0 Å². The van der Waals surface area contributed by atoms with E-state index in [2.05, 4.69) is 4.74 Å². The molecule has 7 nitrogen and oxygen atoms in total. The number of carbonyl (C=O) groups is 2. The van der Waals surface area contributed by atoms with Crippen molar-refractivity contribution in [2.45, 2.75) is 36.6 Å². The van der Waals surface area contributed by atoms with Crippen LogP contribution >= 0.6 is 11.3 Å². The van der Waals surface area contributed by atoms with Crippen LogP contribution in [0.15, 0.2) is 16.3 Å². The number of hydrogen-bond acceptors (Lipinski definition) is 6. The molecule has 1 amide bonds. The molecule has 0 aromatic carbocycles. The molecule has 3 rings (SSSR count). The summed E-state index contributed by atoms with van der Waals surface area (Å²) in [7, 11) is -2.55. The monoisotopic (exact) mass is 372 g/mol. The Bertz CT molecular complexity index is 743. The van der Waals surface area contributed by atoms with Crippen LogP contribution in [0.3, 0.4) is 0 Å². The van der Waals surface area contributed by atoms with E-state index in [-0.39, 0.29) is 28.3 Å². The molecule has 2 fully saturated rings. The van der Waals surface area contributed by atoms with Crippen LogP contribution < -0.4 is 0 Å². The molecule has 3 heterocycles. The van der Waals surface area contributed by atoms with Gasteiger partial charge in [-0.05, 0) is 30.7 Å². The number of amides is 1. The molecule has 1 aromatic rings. The van der Waals surface area contributed by atoms with E-state index in [0.717, 1.165) is 24.2 Å². The first kappa shape index (κ1) is 17.4. The summed E-state index contributed by atoms with van der Waals surface area (Å²) in [4.78, 5) is 25.6. The molecular formula is C15H20N2O5S2. The molecule has 24 heavy (non-hydrogen) atoms. The summed E-state index contributed by atoms with van der Waals surface area (Å²) in [6.07, 6.45) is 2.88. The Hall–Kier alpha value is -1.45. The van der Waals surface area contributed by atoms with E-state index in [0.29, 0.717) is 25.9 Å². The number of rotatable bonds is 4. The molecule has 2 aliphatic rings. The van der Waals surface area contributed by atoms with Crippen molar-refractivity contribution in [3.05, 3.63) is 16.3 Å². The topological polar surface area (TPSA) is 84.0 Å². The van der Waals surface area contributed by atoms with Crippen LogP contribution in [-0.4, -0.2) is 62.3 Å². The molecule has 0 aliphatic carbocycles. The maximum Gasteiger partial charge on any atom is 0.349 e. The standard InChI is InChI=1S/C15H20N2O5S2/c1-22-15(19)14-12(6-9-23-14)24(20,21)16-7-2-4-11(10-16)17-8-3-5-13(17)18/h6,9,11H,2-5,7-8,10H2,1H3/t11-/m1/s1. The van der Waals surface area contributed by atoms with Gasteiger partial charge in [0.15, 0.2) is 0 Å². The van der Waals surface area contributed by atoms with Crippen molar-refractivity contribution in [1.82, 2.24) is 9.21 Å². The fraction of sp³-hybridized carbons (Fsp3) is 0.600. The van der Waals surface area contributed by atoms with Crippen LogP contribution in [0.2, 0.25) is 0 Å². The number of esters is 1. The van der Waals surface area contributed by atoms with Crippen molar-refractivity contribution in [2.24, 2.45) is 0 Å². The quantitative estimate of drug-likeness (QED) is 0.744. The highest BCUT2D eigenvalue weighted by Crippen LogP contribution is 2.29. The van der Waals surface area contributed by atoms with Crippen LogP contribution in [-0.2, 0) is 19.6 Å². The summed E-state index contributed by atoms with van der Waals surface area (Å²) in [6.45, 7) is 1.38. The first-order valence-electron chi connectivity index (χ1n) is 7.90. The lowest BCUT2D eigenvalue weighted by Crippen LogP contribution is -2.50. The molecule has 1 aromatic heterocycles. The minimum Gasteiger partial charge on any atom is -0.465 e. The normalized spacial score (nSPS) is 22.8. The Morgan fingerprint density at radius 2 is 2.12 bits per heavy atom. The van der Waals surface area contributed by atoms with Gasteiger partial charge in [0.05, 0.1) is 7.11 Å². The zero-order valence-corrected chi connectivity index (χ0v) is 15.1. The average Bonchev–Trinajstić information content (AvgIpc) is 3.23. The molecule has 132 valence electrons. The summed E-state index contributed by atoms with van der Waals surface area (Å²) in [5.74, 6) is -0.545. The lowest BCUT2D eigenvalue weighted by atomic mass is 10.1. The first-order valence-corrected chi connectivity index (χ1v) is 10.2. The second-order valence-corrected chi connectivity index (χ2v) is 8.78. The van der Waals surface area contributed by atoms with Crippen LogP contribution in [0, 0.1) is 0 Å². The van der Waals surface area contributed by atoms with E-state index in [1.165, 1.54) is 17.5 Å². The molecule has 0 unspecified atom stereocenters. The van der Waals surface area contributed by atoms with Crippen molar-refractivity contribution in [2.75, 3.05) is 26.7 Å². The molecule has 1 atom stereocenters. The van der Waals surface area contributed by atoms with Gasteiger partial charge in [-0.2, -0.15) is 4.31 Å². The predicted molar refractivity (Wildman–Crippen MR) is 88.4 cm³/mol. The van der Waals surface area contributed by atoms with Gasteiger partial charge in [-0.25, -0.2) is 13.2 Å². The van der Waals surface area contributed by atoms with E-state index in [1.54, 1.807) is 10.3 Å². The summed E-state index contributed by atoms with van der Waals surface area (Å²) in [6, 6.07) is 1.36. The van der Waals surface area contributed by atoms with Gasteiger partial charge < -0.3 is 9.64 Å². The van der Waals surface area contributed by atoms with E-state index in [9.17, 15) is 18.0 Å². The van der Waals surface area contributed by atoms with Gasteiger partial charge in [-0.3, -0.25) is 4.79 Å². The molecule has 0 bridgehead atoms. The molecule has 0 saturated carbocycles. The minimum absolute atomic E-state index is 0.00671. The fourth-order valence-electron chi connectivity index (χ4n) is 3.33. The third-order valence-electron chi connectivity index (χ3n) is 4.53. The Morgan fingerprint density at radius 3 is 2.79 bits per heavy atom. The third-order valence-corrected chi connectivity index (χ3v) is 7.46. The third kappa shape index (κ3) is 3.07. The number of ether oxygens (including phenoxy) is 1. The number of hydrogen-bond donors (Lipinski definition) is 0. The zero-order valence-electron chi connectivity index (χ0n) is 13.4. The van der Waals surface area contributed by atoms with Crippen molar-refractivity contribution in [1.29, 1.82) is 0 Å². The first-order chi connectivity index (χ1) is 11.4. The highest BCUT2D eigenvalue weighted by Gasteiger charge is 2.37. The second-order valence-electron chi connectivity index (χ2n) is 5.96. The van der Waals surface area contributed by atoms with E-state index >= 15 is 0 Å². The van der Waals surface area contributed by atoms with Gasteiger partial charge in [0.1, 0.15) is 9.77 Å². The van der Waals surface area contributed by atoms with Crippen LogP contribution in [0.4, 0.5) is 0 Å². The van der Waals surface area contributed by atoms with Crippen molar-refractivity contribution in [3.8, 4) is 0 Å². The predicted octanol–water partition coefficient (Wildman–Crippen LogP) is 1.31. The largest absolute Gasteiger partial charge is 0.465 e. The Morgan fingerprint density at radius 1 is 1.33 bits per heavy atom. The van der Waals surface area contributed by atoms with Gasteiger partial charge in [0.2, 0.25) is 15.9 Å². The van der Waals surface area contributed by atoms with Gasteiger partial charge in [-0.15, -0.1) is 11.3 Å². The van der Waals surface area contributed by atoms with Gasteiger partial charge in [-0.1, -0.05) is 0 Å². The minimum atomic E-state index is -3.78. The summed E-state index contributed by atoms with van der Waals surface area (Å²) >= 11 is 1.05. The van der Waals surface area contributed by atoms with Gasteiger partial charge in [0, 0.05) is 32.1 Å². The number of piperidine rings is 1. The number of carbonyl (C=O) groups excluding carboxylic acids is 2. The molecule has 0 N–H and O–H groups in total. The summed E-state index contributed by atoms with van der Waals surface area (Å²) in [5.41, 5.74) is 0. The maximum absolute atomic E-state index is 13.0. The molecule has 0 spiro atoms. The number of sulfonamides is 1. The SMILES string of the molecule is COC(=O)c1sccc1S(=O)(=O)N1CCC[C@@H](N2CCCC2=O)C1. The smallest absolute Gasteiger partial charge is 0.349 e. The van der Waals surface area contributed by atoms with Crippen molar-refractivity contribution >= 4 is 33.2 Å². The zero-order chi connectivity index (χ0) is 17.3. The highest BCUT2D eigenvalue weighted by molar-refractivity contribution is 7.89. The lowest BCUT2D eigenvalue weighted by molar-refractivity contribution is -0.130. The molecular weight excluding hydrogens is 352 g/mol. The number of methoxy groups -OCH3 is 1. The van der Waals surface area contributed by atoms with Crippen LogP contribution in [0.25, 0.3) is 0 Å². The Kier molecular flexibility index (Phi) is 4.93. The van der Waals surface area contributed by atoms with E-state index in [4.69, 9.17) is 0 Å². The van der Waals surface area contributed by atoms with Gasteiger partial charge >= 0.3 is 5.97 Å². The molecule has 2 saturated heterocycles. The van der Waals surface area contributed by atoms with E-state index in [1.807, 2.05) is 0 Å². The number of nitrogens with zero attached hydrogens (tertiary/aromatic N) is 2. The second kappa shape index (κ2) is 6.81. The average molecular weight is 372 g/mol. The highest BCUT2D eigenvalue weighted by atomic mass is 32.2. The van der Waals surface area contributed by atoms with Crippen LogP contribution in [0.1, 0.15) is 35.4 Å². The Labute approximate surface area is 145 Å². The van der Waals surface area contributed by atoms with E-state index < -0.39 is 16.0 Å². The van der Waals surface area contributed by atoms with Crippen LogP contribution in [0.5, 0.6) is 0 Å². The molecule has 0 radical (unpaired) electrons. The number of likely N-dealkylation sites (tertiary alicyclic amines) is 1. The fourth-order valence-corrected chi connectivity index (χ4v) is 6.15. The van der Waals surface area contributed by atoms with Crippen molar-refractivity contribution < 1.29 is 22.7 Å². The lowest BCUT2D eigenvalue weighted by Gasteiger charge is -2.36. The summed E-state index contributed by atoms with van der Waals surface area (Å²) in [5, 5.41) is 1.57. The van der Waals surface area contributed by atoms with Crippen molar-refractivity contribution in [3.63, 3.8) is 0 Å². The molecule has 2 aliphatic heterocycles. The number of thiophene rings is 1. The Balaban J connectivity index is 1.83. The molecule has 9 heteroatoms. The summed E-state index contributed by atoms with van der Waals surface area (Å²) < 4.78 is 32.0. The maximum atomic E-state index is 13.0.